The van der Waals surface area contributed by atoms with Crippen molar-refractivity contribution in [3.05, 3.63) is 58.1 Å². The summed E-state index contributed by atoms with van der Waals surface area (Å²) in [6.07, 6.45) is -0.0594. The maximum absolute atomic E-state index is 13.5. The number of phenolic OH excluding ortho intramolecular Hbond substituents is 1. The maximum atomic E-state index is 13.5. The summed E-state index contributed by atoms with van der Waals surface area (Å²) in [5.41, 5.74) is -1.50. The topological polar surface area (TPSA) is 142 Å². The lowest BCUT2D eigenvalue weighted by Gasteiger charge is -2.31. The van der Waals surface area contributed by atoms with Gasteiger partial charge in [0.15, 0.2) is 11.5 Å². The third-order valence-electron chi connectivity index (χ3n) is 5.59. The number of benzene rings is 2. The first-order valence-electron chi connectivity index (χ1n) is 10.2. The zero-order valence-corrected chi connectivity index (χ0v) is 18.9. The number of hydrogen-bond acceptors (Lipinski definition) is 10. The Kier molecular flexibility index (Phi) is 7.00. The van der Waals surface area contributed by atoms with Crippen LogP contribution >= 0.6 is 0 Å². The maximum Gasteiger partial charge on any atom is 0.345 e. The molecule has 0 saturated carbocycles. The molecule has 3 rings (SSSR count). The molecule has 0 radical (unpaired) electrons. The van der Waals surface area contributed by atoms with Crippen LogP contribution in [0.25, 0.3) is 0 Å². The second-order valence-electron chi connectivity index (χ2n) is 7.57. The largest absolute Gasteiger partial charge is 0.506 e. The van der Waals surface area contributed by atoms with Crippen molar-refractivity contribution >= 4 is 29.7 Å². The molecule has 178 valence electrons. The molecule has 1 aliphatic carbocycles. The lowest BCUT2D eigenvalue weighted by Crippen LogP contribution is -2.38. The highest BCUT2D eigenvalue weighted by Gasteiger charge is 2.46. The van der Waals surface area contributed by atoms with Gasteiger partial charge in [-0.1, -0.05) is 25.1 Å². The van der Waals surface area contributed by atoms with Crippen molar-refractivity contribution in [3.63, 3.8) is 0 Å². The van der Waals surface area contributed by atoms with Gasteiger partial charge < -0.3 is 24.1 Å². The number of phenols is 1. The van der Waals surface area contributed by atoms with Gasteiger partial charge in [-0.05, 0) is 30.0 Å². The van der Waals surface area contributed by atoms with Gasteiger partial charge in [0.05, 0.1) is 32.5 Å². The number of ketones is 1. The molecule has 0 bridgehead atoms. The Morgan fingerprint density at radius 1 is 0.882 bits per heavy atom. The normalized spacial score (nSPS) is 16.8. The number of esters is 4. The molecule has 1 N–H and O–H groups in total. The van der Waals surface area contributed by atoms with Crippen LogP contribution in [-0.2, 0) is 25.4 Å². The van der Waals surface area contributed by atoms with E-state index in [1.54, 1.807) is 25.1 Å². The van der Waals surface area contributed by atoms with E-state index in [1.165, 1.54) is 12.1 Å². The molecule has 0 saturated heterocycles. The van der Waals surface area contributed by atoms with Gasteiger partial charge in [-0.25, -0.2) is 14.4 Å². The number of carbonyl (C=O) groups is 5. The molecule has 34 heavy (non-hydrogen) atoms. The Morgan fingerprint density at radius 3 is 2.03 bits per heavy atom. The van der Waals surface area contributed by atoms with Gasteiger partial charge in [-0.15, -0.1) is 0 Å². The molecule has 0 aromatic heterocycles. The van der Waals surface area contributed by atoms with Gasteiger partial charge in [0.25, 0.3) is 0 Å². The SMILES string of the molecule is COC(=O)c1c(O)c(C(=O)OC)c(OC(=O)c2ccccc2)c2c1CC(C)C(C(=O)OC)C2=O. The van der Waals surface area contributed by atoms with Crippen molar-refractivity contribution in [1.82, 2.24) is 0 Å². The Balaban J connectivity index is 2.37. The van der Waals surface area contributed by atoms with E-state index in [9.17, 15) is 29.1 Å². The summed E-state index contributed by atoms with van der Waals surface area (Å²) in [7, 11) is 3.18. The summed E-state index contributed by atoms with van der Waals surface area (Å²) in [6, 6.07) is 7.70. The molecule has 0 fully saturated rings. The molecule has 10 nitrogen and oxygen atoms in total. The van der Waals surface area contributed by atoms with E-state index in [4.69, 9.17) is 18.9 Å². The number of ether oxygens (including phenoxy) is 4. The van der Waals surface area contributed by atoms with Crippen LogP contribution in [-0.4, -0.2) is 56.1 Å². The monoisotopic (exact) mass is 470 g/mol. The molecule has 0 amide bonds. The summed E-state index contributed by atoms with van der Waals surface area (Å²) in [5, 5.41) is 10.9. The third-order valence-corrected chi connectivity index (χ3v) is 5.59. The van der Waals surface area contributed by atoms with Crippen LogP contribution in [0.4, 0.5) is 0 Å². The molecule has 2 atom stereocenters. The summed E-state index contributed by atoms with van der Waals surface area (Å²) in [6.45, 7) is 1.59. The van der Waals surface area contributed by atoms with Gasteiger partial charge in [0, 0.05) is 0 Å². The van der Waals surface area contributed by atoms with Crippen molar-refractivity contribution < 1.29 is 48.0 Å². The minimum absolute atomic E-state index is 0.0227. The fraction of sp³-hybridized carbons (Fsp3) is 0.292. The summed E-state index contributed by atoms with van der Waals surface area (Å²) in [5.74, 6) is -8.26. The molecule has 0 aliphatic heterocycles. The van der Waals surface area contributed by atoms with Gasteiger partial charge in [0.2, 0.25) is 0 Å². The van der Waals surface area contributed by atoms with E-state index in [0.29, 0.717) is 0 Å². The lowest BCUT2D eigenvalue weighted by atomic mass is 9.73. The Hall–Kier alpha value is -4.21. The molecule has 10 heteroatoms. The van der Waals surface area contributed by atoms with Crippen molar-refractivity contribution in [2.24, 2.45) is 11.8 Å². The first-order valence-corrected chi connectivity index (χ1v) is 10.2. The first kappa shape index (κ1) is 24.4. The molecular weight excluding hydrogens is 448 g/mol. The predicted octanol–water partition coefficient (Wildman–Crippen LogP) is 2.35. The van der Waals surface area contributed by atoms with Crippen molar-refractivity contribution in [1.29, 1.82) is 0 Å². The fourth-order valence-electron chi connectivity index (χ4n) is 3.99. The number of hydrogen-bond donors (Lipinski definition) is 1. The van der Waals surface area contributed by atoms with E-state index >= 15 is 0 Å². The standard InChI is InChI=1S/C24H22O10/c1-11-10-13-15(18(25)14(11)22(28)31-2)20(34-21(27)12-8-6-5-7-9-12)17(24(30)33-4)19(26)16(13)23(29)32-3/h5-9,11,14,26H,10H2,1-4H3. The zero-order valence-electron chi connectivity index (χ0n) is 18.9. The van der Waals surface area contributed by atoms with E-state index < -0.39 is 64.1 Å². The molecule has 2 unspecified atom stereocenters. The van der Waals surface area contributed by atoms with Crippen LogP contribution in [0.3, 0.4) is 0 Å². The second-order valence-corrected chi connectivity index (χ2v) is 7.57. The van der Waals surface area contributed by atoms with E-state index in [1.807, 2.05) is 0 Å². The number of methoxy groups -OCH3 is 3. The lowest BCUT2D eigenvalue weighted by molar-refractivity contribution is -0.145. The Bertz CT molecular complexity index is 1180. The highest BCUT2D eigenvalue weighted by atomic mass is 16.5. The van der Waals surface area contributed by atoms with Crippen LogP contribution in [0.15, 0.2) is 30.3 Å². The average Bonchev–Trinajstić information content (AvgIpc) is 2.83. The van der Waals surface area contributed by atoms with Gasteiger partial charge in [-0.3, -0.25) is 9.59 Å². The van der Waals surface area contributed by atoms with Gasteiger partial charge in [-0.2, -0.15) is 0 Å². The predicted molar refractivity (Wildman–Crippen MR) is 115 cm³/mol. The van der Waals surface area contributed by atoms with E-state index in [-0.39, 0.29) is 23.1 Å². The van der Waals surface area contributed by atoms with Gasteiger partial charge in [0.1, 0.15) is 22.8 Å². The molecule has 1 aliphatic rings. The van der Waals surface area contributed by atoms with E-state index in [2.05, 4.69) is 0 Å². The van der Waals surface area contributed by atoms with Crippen LogP contribution < -0.4 is 4.74 Å². The average molecular weight is 470 g/mol. The fourth-order valence-corrected chi connectivity index (χ4v) is 3.99. The van der Waals surface area contributed by atoms with Crippen molar-refractivity contribution in [3.8, 4) is 11.5 Å². The van der Waals surface area contributed by atoms with E-state index in [0.717, 1.165) is 21.3 Å². The first-order chi connectivity index (χ1) is 16.2. The van der Waals surface area contributed by atoms with Crippen molar-refractivity contribution in [2.75, 3.05) is 21.3 Å². The Labute approximate surface area is 194 Å². The van der Waals surface area contributed by atoms with Gasteiger partial charge >= 0.3 is 23.9 Å². The summed E-state index contributed by atoms with van der Waals surface area (Å²) < 4.78 is 19.7. The molecule has 0 heterocycles. The highest BCUT2D eigenvalue weighted by molar-refractivity contribution is 6.17. The van der Waals surface area contributed by atoms with Crippen molar-refractivity contribution in [2.45, 2.75) is 13.3 Å². The van der Waals surface area contributed by atoms with Crippen LogP contribution in [0.1, 0.15) is 53.9 Å². The number of rotatable bonds is 5. The van der Waals surface area contributed by atoms with Crippen LogP contribution in [0.2, 0.25) is 0 Å². The summed E-state index contributed by atoms with van der Waals surface area (Å²) in [4.78, 5) is 64.0. The highest BCUT2D eigenvalue weighted by Crippen LogP contribution is 2.45. The smallest absolute Gasteiger partial charge is 0.345 e. The number of aromatic hydroxyl groups is 1. The third kappa shape index (κ3) is 4.09. The summed E-state index contributed by atoms with van der Waals surface area (Å²) >= 11 is 0. The molecular formula is C24H22O10. The second kappa shape index (κ2) is 9.74. The molecule has 2 aromatic carbocycles. The minimum atomic E-state index is -1.30. The zero-order chi connectivity index (χ0) is 25.2. The minimum Gasteiger partial charge on any atom is -0.506 e. The van der Waals surface area contributed by atoms with Crippen LogP contribution in [0.5, 0.6) is 11.5 Å². The number of fused-ring (bicyclic) bond motifs is 1. The molecule has 2 aromatic rings. The quantitative estimate of drug-likeness (QED) is 0.299. The molecule has 0 spiro atoms. The Morgan fingerprint density at radius 2 is 1.47 bits per heavy atom. The number of Topliss-reactive ketones (excluding diaryl/α,β-unsaturated/α-hetero) is 1. The van der Waals surface area contributed by atoms with Crippen LogP contribution in [0, 0.1) is 11.8 Å². The number of carbonyl (C=O) groups excluding carboxylic acids is 5.